The lowest BCUT2D eigenvalue weighted by atomic mass is 9.99. The second kappa shape index (κ2) is 80.5. The summed E-state index contributed by atoms with van der Waals surface area (Å²) in [7, 11) is 0. The first-order chi connectivity index (χ1) is 57.1. The summed E-state index contributed by atoms with van der Waals surface area (Å²) >= 11 is 0. The molecular formula is C85H132Cl12F12N18O6. The van der Waals surface area contributed by atoms with Crippen LogP contribution in [0.1, 0.15) is 178 Å². The van der Waals surface area contributed by atoms with Crippen LogP contribution in [0.25, 0.3) is 11.1 Å². The molecule has 0 aliphatic heterocycles. The molecule has 7 aromatic rings. The van der Waals surface area contributed by atoms with Crippen molar-refractivity contribution in [3.63, 3.8) is 0 Å². The van der Waals surface area contributed by atoms with Crippen molar-refractivity contribution in [2.24, 2.45) is 0 Å². The number of halogens is 24. The first-order valence-electron chi connectivity index (χ1n) is 40.4. The van der Waals surface area contributed by atoms with Gasteiger partial charge in [-0.2, -0.15) is 52.7 Å². The molecular weight excluding hydrogens is 2020 g/mol. The van der Waals surface area contributed by atoms with E-state index in [4.69, 9.17) is 0 Å². The standard InChI is InChI=1S/C18H23N3O.C14H17F6N3O.C14H20F3N3O.C13H18F3N3O.2C13H21N3O.12ClH/c19-12-6-9-15(20)13-21-18(22)17-11-5-4-10-16(17)14-7-2-1-3-8-14;15-13(16,17)8-3-4-11(14(18,19)20)10(6-8)12(24)23-7-9(22)2-1-5-21;1-9-4-5-10(7-12(9)14(15,16)17)13(21)20-8-11(19)3-2-6-18;14-13(15,16)11-6-2-1-5-10(11)12(20)19-8-9(18)4-3-7-17;1-10-4-2-5-11(8-10)13(17)16-9-12(15)6-3-7-14;1-10-4-6-11(7-5-10)13(17)16-9-12(15)3-2-8-14;;;;;;;;;;;;/h1-5,7-8,10-11,15H,6,9,12-13,19-20H2,(H,21,22);3-4,6,9H,1-2,5,7,21-22H2,(H,23,24);4-5,7,11H,2-3,6,8,18-19H2,1H3,(H,20,21);1-2,5-6,9H,3-4,7-8,17-18H2,(H,19,20);2,4-5,8,12H,3,6-7,9,14-15H2,1H3,(H,16,17);4-7,12H,2-3,8-9,14-15H2,1H3,(H,16,17);12*1H/t15-;9-;11-;9-;2*12-;;;;;;;;;;;;/m000000............/s1. The Morgan fingerprint density at radius 2 is 0.571 bits per heavy atom. The Bertz CT molecular complexity index is 4240. The molecule has 7 aromatic carbocycles. The molecule has 766 valence electrons. The highest BCUT2D eigenvalue weighted by Gasteiger charge is 2.40. The molecule has 0 unspecified atom stereocenters. The van der Waals surface area contributed by atoms with Crippen molar-refractivity contribution in [3.05, 3.63) is 236 Å². The zero-order chi connectivity index (χ0) is 90.9. The van der Waals surface area contributed by atoms with Gasteiger partial charge >= 0.3 is 24.7 Å². The van der Waals surface area contributed by atoms with Crippen LogP contribution in [0.2, 0.25) is 0 Å². The molecule has 0 aromatic heterocycles. The SMILES string of the molecule is Cc1ccc(C(=O)NC[C@@H]([NH3+])CCC[NH3+])cc1.Cc1ccc(C(=O)NC[C@@H]([NH3+])CCC[NH3+])cc1C(F)(F)F.Cc1cccc(C(=O)NC[C@@H]([NH3+])CCC[NH3+])c1.[Cl-].[Cl-].[Cl-].[Cl-].[Cl-].[Cl-].[Cl-].[Cl-].[Cl-].[Cl-].[Cl-].[Cl-].[NH3+]CCC[C@H]([NH3+])CNC(=O)c1cc(C(F)(F)F)ccc1C(F)(F)F.[NH3+]CCC[C@H]([NH3+])CNC(=O)c1ccccc1-c1ccccc1.[NH3+]CCC[C@H]([NH3+])CNC(=O)c1ccccc1C(F)(F)F. The smallest absolute Gasteiger partial charge is 0.417 e. The van der Waals surface area contributed by atoms with E-state index in [1.165, 1.54) is 37.3 Å². The first-order valence-corrected chi connectivity index (χ1v) is 40.4. The van der Waals surface area contributed by atoms with Crippen molar-refractivity contribution >= 4 is 35.4 Å². The number of aryl methyl sites for hydroxylation is 3. The van der Waals surface area contributed by atoms with Gasteiger partial charge in [-0.25, -0.2) is 0 Å². The average Bonchev–Trinajstić information content (AvgIpc) is 0.789. The molecule has 0 aliphatic rings. The Labute approximate surface area is 845 Å². The Morgan fingerprint density at radius 1 is 0.271 bits per heavy atom. The molecule has 0 bridgehead atoms. The van der Waals surface area contributed by atoms with Gasteiger partial charge in [-0.15, -0.1) is 0 Å². The summed E-state index contributed by atoms with van der Waals surface area (Å²) in [6, 6.07) is 42.5. The minimum Gasteiger partial charge on any atom is -1.00 e. The molecule has 0 radical (unpaired) electrons. The molecule has 7 rings (SSSR count). The number of quaternary nitrogens is 12. The number of alkyl halides is 12. The third kappa shape index (κ3) is 62.2. The Kier molecular flexibility index (Phi) is 90.4. The van der Waals surface area contributed by atoms with Crippen molar-refractivity contribution in [3.8, 4) is 11.1 Å². The van der Waals surface area contributed by atoms with Gasteiger partial charge in [-0.3, -0.25) is 28.8 Å². The first kappa shape index (κ1) is 149. The highest BCUT2D eigenvalue weighted by Crippen LogP contribution is 2.37. The van der Waals surface area contributed by atoms with Gasteiger partial charge in [0.15, 0.2) is 0 Å². The van der Waals surface area contributed by atoms with E-state index in [1.54, 1.807) is 0 Å². The Morgan fingerprint density at radius 3 is 0.925 bits per heavy atom. The van der Waals surface area contributed by atoms with Gasteiger partial charge < -0.3 is 250 Å². The minimum atomic E-state index is -4.94. The number of hydrogen-bond donors (Lipinski definition) is 18. The van der Waals surface area contributed by atoms with Crippen molar-refractivity contribution in [2.75, 3.05) is 78.5 Å². The molecule has 0 saturated heterocycles. The van der Waals surface area contributed by atoms with Gasteiger partial charge in [0.1, 0.15) is 36.3 Å². The van der Waals surface area contributed by atoms with Gasteiger partial charge in [0, 0.05) is 99.3 Å². The summed E-state index contributed by atoms with van der Waals surface area (Å²) in [6.45, 7) is 12.8. The van der Waals surface area contributed by atoms with Gasteiger partial charge in [0.25, 0.3) is 35.4 Å². The molecule has 48 heteroatoms. The summed E-state index contributed by atoms with van der Waals surface area (Å²) in [4.78, 5) is 71.8. The highest BCUT2D eigenvalue weighted by atomic mass is 35.5. The molecule has 6 atom stereocenters. The van der Waals surface area contributed by atoms with Crippen molar-refractivity contribution in [2.45, 2.75) is 159 Å². The third-order valence-electron chi connectivity index (χ3n) is 18.5. The van der Waals surface area contributed by atoms with Gasteiger partial charge in [-0.05, 0) is 110 Å². The van der Waals surface area contributed by atoms with Gasteiger partial charge in [0.05, 0.1) is 112 Å². The number of carbonyl (C=O) groups is 6. The summed E-state index contributed by atoms with van der Waals surface area (Å²) in [5.41, 5.74) is 46.7. The maximum absolute atomic E-state index is 12.9. The quantitative estimate of drug-likeness (QED) is 0.0168. The lowest BCUT2D eigenvalue weighted by Crippen LogP contribution is -3.00. The number of nitrogens with one attached hydrogen (secondary N) is 6. The van der Waals surface area contributed by atoms with E-state index in [-0.39, 0.29) is 245 Å². The van der Waals surface area contributed by atoms with Crippen LogP contribution in [-0.4, -0.2) is 150 Å². The van der Waals surface area contributed by atoms with E-state index in [9.17, 15) is 81.5 Å². The van der Waals surface area contributed by atoms with Crippen LogP contribution in [0.3, 0.4) is 0 Å². The summed E-state index contributed by atoms with van der Waals surface area (Å²) in [5.74, 6) is -2.52. The monoisotopic (exact) mass is 2150 g/mol. The third-order valence-corrected chi connectivity index (χ3v) is 18.5. The lowest BCUT2D eigenvalue weighted by molar-refractivity contribution is -0.423. The molecule has 133 heavy (non-hydrogen) atoms. The van der Waals surface area contributed by atoms with Gasteiger partial charge in [0.2, 0.25) is 0 Å². The zero-order valence-electron chi connectivity index (χ0n) is 74.5. The van der Waals surface area contributed by atoms with Gasteiger partial charge in [-0.1, -0.05) is 102 Å². The summed E-state index contributed by atoms with van der Waals surface area (Å²) in [6.07, 6.45) is -7.87. The van der Waals surface area contributed by atoms with Crippen LogP contribution in [0.4, 0.5) is 52.7 Å². The van der Waals surface area contributed by atoms with Crippen LogP contribution in [0, 0.1) is 20.8 Å². The maximum atomic E-state index is 12.9. The van der Waals surface area contributed by atoms with E-state index in [2.05, 4.69) is 101 Å². The summed E-state index contributed by atoms with van der Waals surface area (Å²) in [5, 5.41) is 16.1. The van der Waals surface area contributed by atoms with E-state index in [0.29, 0.717) is 61.9 Å². The van der Waals surface area contributed by atoms with E-state index in [0.717, 1.165) is 138 Å². The van der Waals surface area contributed by atoms with Crippen LogP contribution in [0.5, 0.6) is 0 Å². The van der Waals surface area contributed by atoms with E-state index < -0.39 is 70.2 Å². The normalized spacial score (nSPS) is 11.6. The maximum Gasteiger partial charge on any atom is 0.417 e. The van der Waals surface area contributed by atoms with Crippen LogP contribution in [-0.2, 0) is 24.7 Å². The molecule has 0 fully saturated rings. The number of benzene rings is 7. The van der Waals surface area contributed by atoms with Crippen molar-refractivity contribution in [1.29, 1.82) is 0 Å². The number of amides is 6. The van der Waals surface area contributed by atoms with Crippen LogP contribution < -0.4 is 250 Å². The zero-order valence-corrected chi connectivity index (χ0v) is 83.6. The number of hydrogen-bond acceptors (Lipinski definition) is 6. The molecule has 0 spiro atoms. The Hall–Kier alpha value is -6.48. The predicted molar refractivity (Wildman–Crippen MR) is 434 cm³/mol. The lowest BCUT2D eigenvalue weighted by Gasteiger charge is -2.16. The second-order valence-electron chi connectivity index (χ2n) is 29.4. The molecule has 0 aliphatic carbocycles. The molecule has 0 saturated carbocycles. The van der Waals surface area contributed by atoms with E-state index >= 15 is 0 Å². The largest absolute Gasteiger partial charge is 1.00 e. The van der Waals surface area contributed by atoms with Crippen molar-refractivity contribution in [1.82, 2.24) is 31.9 Å². The topological polar surface area (TPSA) is 506 Å². The molecule has 24 nitrogen and oxygen atoms in total. The predicted octanol–water partition coefficient (Wildman–Crippen LogP) is -35.0. The fourth-order valence-corrected chi connectivity index (χ4v) is 11.4. The molecule has 6 amide bonds. The highest BCUT2D eigenvalue weighted by molar-refractivity contribution is 6.01. The van der Waals surface area contributed by atoms with E-state index in [1.807, 2.05) is 117 Å². The molecule has 42 N–H and O–H groups in total. The summed E-state index contributed by atoms with van der Waals surface area (Å²) < 4.78 is 154. The average molecular weight is 2160 g/mol. The minimum absolute atomic E-state index is 0. The second-order valence-corrected chi connectivity index (χ2v) is 29.4. The number of rotatable bonds is 37. The fraction of sp³-hybridized carbons (Fsp3) is 0.435. The molecule has 0 heterocycles. The fourth-order valence-electron chi connectivity index (χ4n) is 11.4. The van der Waals surface area contributed by atoms with Crippen LogP contribution in [0.15, 0.2) is 164 Å². The number of carbonyl (C=O) groups excluding carboxylic acids is 6. The Balaban J connectivity index is -0.000000147. The van der Waals surface area contributed by atoms with Crippen LogP contribution >= 0.6 is 0 Å². The van der Waals surface area contributed by atoms with Crippen molar-refractivity contribution < 1.29 is 299 Å².